The summed E-state index contributed by atoms with van der Waals surface area (Å²) < 4.78 is 9.65. The van der Waals surface area contributed by atoms with Gasteiger partial charge in [0.1, 0.15) is 5.75 Å². The second kappa shape index (κ2) is 4.84. The minimum absolute atomic E-state index is 0.192. The summed E-state index contributed by atoms with van der Waals surface area (Å²) in [7, 11) is 1.56. The van der Waals surface area contributed by atoms with Gasteiger partial charge in [0.05, 0.1) is 12.3 Å². The summed E-state index contributed by atoms with van der Waals surface area (Å²) >= 11 is 0. The SMILES string of the molecule is COc1ccc(-c2c(Nn3cnnn3)no[n+]2[O-])cc1. The lowest BCUT2D eigenvalue weighted by Crippen LogP contribution is -2.26. The van der Waals surface area contributed by atoms with E-state index in [0.717, 1.165) is 0 Å². The highest BCUT2D eigenvalue weighted by atomic mass is 16.8. The van der Waals surface area contributed by atoms with E-state index < -0.39 is 0 Å². The van der Waals surface area contributed by atoms with Gasteiger partial charge in [0.2, 0.25) is 0 Å². The fourth-order valence-corrected chi connectivity index (χ4v) is 1.63. The maximum absolute atomic E-state index is 11.7. The molecule has 1 N–H and O–H groups in total. The van der Waals surface area contributed by atoms with E-state index in [1.807, 2.05) is 0 Å². The van der Waals surface area contributed by atoms with E-state index in [1.54, 1.807) is 31.4 Å². The maximum atomic E-state index is 11.7. The lowest BCUT2D eigenvalue weighted by Gasteiger charge is -2.02. The van der Waals surface area contributed by atoms with Gasteiger partial charge < -0.3 is 9.94 Å². The van der Waals surface area contributed by atoms with Crippen molar-refractivity contribution in [3.05, 3.63) is 35.8 Å². The molecule has 0 fully saturated rings. The Morgan fingerprint density at radius 1 is 1.35 bits per heavy atom. The molecule has 2 heterocycles. The molecule has 0 bridgehead atoms. The van der Waals surface area contributed by atoms with Crippen LogP contribution in [0.1, 0.15) is 0 Å². The highest BCUT2D eigenvalue weighted by Gasteiger charge is 2.21. The van der Waals surface area contributed by atoms with E-state index in [9.17, 15) is 5.21 Å². The molecule has 1 aromatic carbocycles. The van der Waals surface area contributed by atoms with E-state index >= 15 is 0 Å². The Morgan fingerprint density at radius 3 is 2.80 bits per heavy atom. The van der Waals surface area contributed by atoms with Crippen molar-refractivity contribution in [1.82, 2.24) is 25.5 Å². The zero-order valence-electron chi connectivity index (χ0n) is 10.3. The minimum atomic E-state index is 0.192. The van der Waals surface area contributed by atoms with Crippen LogP contribution in [0.4, 0.5) is 5.82 Å². The normalized spacial score (nSPS) is 10.4. The van der Waals surface area contributed by atoms with E-state index in [1.165, 1.54) is 11.1 Å². The average molecular weight is 275 g/mol. The van der Waals surface area contributed by atoms with Crippen molar-refractivity contribution in [3.63, 3.8) is 0 Å². The summed E-state index contributed by atoms with van der Waals surface area (Å²) in [5, 5.41) is 25.8. The molecule has 0 spiro atoms. The molecule has 20 heavy (non-hydrogen) atoms. The molecule has 0 saturated heterocycles. The second-order valence-electron chi connectivity index (χ2n) is 3.72. The Kier molecular flexibility index (Phi) is 2.88. The third-order valence-corrected chi connectivity index (χ3v) is 2.55. The lowest BCUT2D eigenvalue weighted by atomic mass is 10.1. The molecule has 0 atom stereocenters. The van der Waals surface area contributed by atoms with Gasteiger partial charge in [-0.2, -0.15) is 0 Å². The number of methoxy groups -OCH3 is 1. The Bertz CT molecular complexity index is 692. The van der Waals surface area contributed by atoms with Crippen molar-refractivity contribution in [3.8, 4) is 17.0 Å². The molecule has 2 aromatic heterocycles. The summed E-state index contributed by atoms with van der Waals surface area (Å²) in [5.74, 6) is 0.870. The molecule has 0 aliphatic heterocycles. The van der Waals surface area contributed by atoms with Crippen molar-refractivity contribution in [1.29, 1.82) is 0 Å². The molecule has 0 amide bonds. The van der Waals surface area contributed by atoms with Crippen LogP contribution < -0.4 is 15.1 Å². The van der Waals surface area contributed by atoms with Crippen molar-refractivity contribution >= 4 is 5.82 Å². The van der Waals surface area contributed by atoms with Crippen LogP contribution in [0.5, 0.6) is 5.75 Å². The van der Waals surface area contributed by atoms with Crippen LogP contribution in [0.3, 0.4) is 0 Å². The van der Waals surface area contributed by atoms with Gasteiger partial charge in [-0.3, -0.25) is 4.63 Å². The predicted molar refractivity (Wildman–Crippen MR) is 64.3 cm³/mol. The molecule has 0 aliphatic rings. The van der Waals surface area contributed by atoms with E-state index in [-0.39, 0.29) is 11.5 Å². The molecule has 3 rings (SSSR count). The Labute approximate surface area is 112 Å². The fourth-order valence-electron chi connectivity index (χ4n) is 1.63. The van der Waals surface area contributed by atoms with E-state index in [4.69, 9.17) is 4.74 Å². The van der Waals surface area contributed by atoms with Gasteiger partial charge in [-0.1, -0.05) is 0 Å². The topological polar surface area (TPSA) is 118 Å². The van der Waals surface area contributed by atoms with Crippen LogP contribution in [-0.2, 0) is 0 Å². The van der Waals surface area contributed by atoms with Gasteiger partial charge in [-0.15, -0.1) is 9.89 Å². The Balaban J connectivity index is 1.97. The number of aromatic nitrogens is 6. The van der Waals surface area contributed by atoms with Gasteiger partial charge in [0.15, 0.2) is 6.33 Å². The van der Waals surface area contributed by atoms with Crippen LogP contribution in [-0.4, -0.2) is 32.6 Å². The molecule has 102 valence electrons. The van der Waals surface area contributed by atoms with Crippen LogP contribution in [0, 0.1) is 5.21 Å². The largest absolute Gasteiger partial charge is 0.497 e. The average Bonchev–Trinajstić information content (AvgIpc) is 3.10. The predicted octanol–water partition coefficient (Wildman–Crippen LogP) is -0.155. The van der Waals surface area contributed by atoms with Crippen LogP contribution in [0.2, 0.25) is 0 Å². The molecule has 10 nitrogen and oxygen atoms in total. The minimum Gasteiger partial charge on any atom is -0.497 e. The standard InChI is InChI=1S/C10H9N7O3/c1-19-8-4-2-7(3-5-8)9-10(13-20-17(9)18)12-16-6-11-14-15-16/h2-6H,1H3,(H,12,13). The summed E-state index contributed by atoms with van der Waals surface area (Å²) in [6, 6.07) is 6.88. The zero-order valence-corrected chi connectivity index (χ0v) is 10.3. The van der Waals surface area contributed by atoms with Gasteiger partial charge in [-0.25, -0.2) is 5.43 Å². The number of nitrogens with one attached hydrogen (secondary N) is 1. The summed E-state index contributed by atoms with van der Waals surface area (Å²) in [5.41, 5.74) is 3.54. The first-order chi connectivity index (χ1) is 9.78. The number of ether oxygens (including phenoxy) is 1. The van der Waals surface area contributed by atoms with Crippen molar-refractivity contribution in [2.24, 2.45) is 0 Å². The molecule has 0 aliphatic carbocycles. The maximum Gasteiger partial charge on any atom is 0.335 e. The first-order valence-corrected chi connectivity index (χ1v) is 5.52. The second-order valence-corrected chi connectivity index (χ2v) is 3.72. The molecule has 10 heteroatoms. The van der Waals surface area contributed by atoms with E-state index in [2.05, 4.69) is 30.7 Å². The van der Waals surface area contributed by atoms with Gasteiger partial charge >= 0.3 is 5.82 Å². The van der Waals surface area contributed by atoms with Crippen LogP contribution in [0.25, 0.3) is 11.3 Å². The highest BCUT2D eigenvalue weighted by Crippen LogP contribution is 2.24. The monoisotopic (exact) mass is 275 g/mol. The number of benzene rings is 1. The summed E-state index contributed by atoms with van der Waals surface area (Å²) in [6.07, 6.45) is 1.32. The third-order valence-electron chi connectivity index (χ3n) is 2.55. The molecule has 0 saturated carbocycles. The molecular formula is C10H9N7O3. The third kappa shape index (κ3) is 2.09. The smallest absolute Gasteiger partial charge is 0.335 e. The molecule has 0 unspecified atom stereocenters. The number of anilines is 1. The van der Waals surface area contributed by atoms with Gasteiger partial charge in [0.25, 0.3) is 5.69 Å². The fraction of sp³-hybridized carbons (Fsp3) is 0.100. The van der Waals surface area contributed by atoms with Crippen molar-refractivity contribution < 1.29 is 14.3 Å². The van der Waals surface area contributed by atoms with E-state index in [0.29, 0.717) is 16.2 Å². The first kappa shape index (κ1) is 11.9. The van der Waals surface area contributed by atoms with Crippen LogP contribution >= 0.6 is 0 Å². The van der Waals surface area contributed by atoms with Gasteiger partial charge in [-0.05, 0) is 39.6 Å². The molecule has 3 aromatic rings. The number of rotatable bonds is 4. The number of hydrogen-bond donors (Lipinski definition) is 1. The Hall–Kier alpha value is -3.17. The highest BCUT2D eigenvalue weighted by molar-refractivity contribution is 5.68. The Morgan fingerprint density at radius 2 is 2.15 bits per heavy atom. The lowest BCUT2D eigenvalue weighted by molar-refractivity contribution is -0.793. The summed E-state index contributed by atoms with van der Waals surface area (Å²) in [4.78, 5) is 1.50. The summed E-state index contributed by atoms with van der Waals surface area (Å²) in [6.45, 7) is 0. The van der Waals surface area contributed by atoms with Crippen molar-refractivity contribution in [2.75, 3.05) is 12.5 Å². The molecule has 0 radical (unpaired) electrons. The number of nitrogens with zero attached hydrogens (tertiary/aromatic N) is 6. The number of hydrogen-bond acceptors (Lipinski definition) is 8. The van der Waals surface area contributed by atoms with Gasteiger partial charge in [0, 0.05) is 5.56 Å². The number of tetrazole rings is 1. The quantitative estimate of drug-likeness (QED) is 0.653. The molecular weight excluding hydrogens is 266 g/mol. The zero-order chi connectivity index (χ0) is 13.9. The first-order valence-electron chi connectivity index (χ1n) is 5.52. The van der Waals surface area contributed by atoms with Crippen LogP contribution in [0.15, 0.2) is 35.2 Å². The van der Waals surface area contributed by atoms with Crippen molar-refractivity contribution in [2.45, 2.75) is 0 Å².